The predicted molar refractivity (Wildman–Crippen MR) is 93.5 cm³/mol. The molecule has 136 valence electrons. The molecule has 1 aliphatic rings. The number of carbonyl (C=O) groups is 1. The molecular formula is C18H12BF3N2O3. The van der Waals surface area contributed by atoms with Crippen molar-refractivity contribution < 1.29 is 27.6 Å². The molecule has 5 nitrogen and oxygen atoms in total. The third-order valence-electron chi connectivity index (χ3n) is 4.42. The first-order valence-corrected chi connectivity index (χ1v) is 8.02. The van der Waals surface area contributed by atoms with Crippen molar-refractivity contribution in [3.05, 3.63) is 65.5 Å². The monoisotopic (exact) mass is 372 g/mol. The largest absolute Gasteiger partial charge is 0.491 e. The predicted octanol–water partition coefficient (Wildman–Crippen LogP) is 2.72. The van der Waals surface area contributed by atoms with Crippen LogP contribution in [0.25, 0.3) is 10.8 Å². The molecule has 27 heavy (non-hydrogen) atoms. The van der Waals surface area contributed by atoms with Gasteiger partial charge in [0, 0.05) is 23.5 Å². The summed E-state index contributed by atoms with van der Waals surface area (Å²) in [4.78, 5) is 16.4. The maximum atomic E-state index is 13.2. The molecule has 4 rings (SSSR count). The second kappa shape index (κ2) is 6.36. The Labute approximate surface area is 151 Å². The molecule has 0 fully saturated rings. The van der Waals surface area contributed by atoms with Gasteiger partial charge in [0.05, 0.1) is 17.7 Å². The van der Waals surface area contributed by atoms with Gasteiger partial charge in [0.15, 0.2) is 0 Å². The van der Waals surface area contributed by atoms with Crippen molar-refractivity contribution in [2.45, 2.75) is 12.8 Å². The van der Waals surface area contributed by atoms with Gasteiger partial charge in [-0.05, 0) is 34.6 Å². The highest BCUT2D eigenvalue weighted by molar-refractivity contribution is 6.61. The lowest BCUT2D eigenvalue weighted by Crippen LogP contribution is -2.28. The second-order valence-corrected chi connectivity index (χ2v) is 6.12. The minimum Gasteiger partial charge on any atom is -0.423 e. The lowest BCUT2D eigenvalue weighted by molar-refractivity contribution is -0.136. The Hall–Kier alpha value is -2.91. The number of fused-ring (bicyclic) bond motifs is 2. The summed E-state index contributed by atoms with van der Waals surface area (Å²) in [5.41, 5.74) is 0.993. The van der Waals surface area contributed by atoms with E-state index in [1.807, 2.05) is 0 Å². The van der Waals surface area contributed by atoms with E-state index in [0.29, 0.717) is 11.2 Å². The standard InChI is InChI=1S/C18H12BF3N2O3/c20-18(21,22)15-3-1-2-12-13(15)7-23-8-14(12)17(25)24-11-4-5-16-10(6-11)9-27-19(16)26/h1-8,26H,9H2,(H,24,25). The molecule has 2 heterocycles. The van der Waals surface area contributed by atoms with Crippen LogP contribution in [0.1, 0.15) is 21.5 Å². The summed E-state index contributed by atoms with van der Waals surface area (Å²) >= 11 is 0. The fourth-order valence-electron chi connectivity index (χ4n) is 3.13. The lowest BCUT2D eigenvalue weighted by Gasteiger charge is -2.13. The van der Waals surface area contributed by atoms with Crippen LogP contribution in [0.5, 0.6) is 0 Å². The summed E-state index contributed by atoms with van der Waals surface area (Å²) in [6.45, 7) is 0.213. The Balaban J connectivity index is 1.70. The van der Waals surface area contributed by atoms with Crippen LogP contribution in [0.4, 0.5) is 18.9 Å². The molecule has 2 N–H and O–H groups in total. The van der Waals surface area contributed by atoms with Gasteiger partial charge in [0.25, 0.3) is 5.91 Å². The van der Waals surface area contributed by atoms with E-state index in [9.17, 15) is 23.0 Å². The number of aromatic nitrogens is 1. The first-order chi connectivity index (χ1) is 12.8. The quantitative estimate of drug-likeness (QED) is 0.679. The number of amides is 1. The molecule has 1 aromatic heterocycles. The number of pyridine rings is 1. The molecular weight excluding hydrogens is 360 g/mol. The minimum atomic E-state index is -4.54. The third-order valence-corrected chi connectivity index (χ3v) is 4.42. The van der Waals surface area contributed by atoms with E-state index < -0.39 is 24.8 Å². The third kappa shape index (κ3) is 3.15. The number of benzene rings is 2. The molecule has 1 aliphatic heterocycles. The summed E-state index contributed by atoms with van der Waals surface area (Å²) in [7, 11) is -0.993. The van der Waals surface area contributed by atoms with E-state index in [2.05, 4.69) is 10.3 Å². The van der Waals surface area contributed by atoms with E-state index in [1.54, 1.807) is 18.2 Å². The fraction of sp³-hybridized carbons (Fsp3) is 0.111. The normalized spacial score (nSPS) is 13.7. The molecule has 0 bridgehead atoms. The van der Waals surface area contributed by atoms with Crippen LogP contribution < -0.4 is 10.8 Å². The van der Waals surface area contributed by atoms with E-state index in [4.69, 9.17) is 4.65 Å². The average molecular weight is 372 g/mol. The van der Waals surface area contributed by atoms with Gasteiger partial charge in [-0.15, -0.1) is 0 Å². The molecule has 0 atom stereocenters. The summed E-state index contributed by atoms with van der Waals surface area (Å²) in [5, 5.41) is 12.3. The number of nitrogens with zero attached hydrogens (tertiary/aromatic N) is 1. The molecule has 0 spiro atoms. The number of hydrogen-bond donors (Lipinski definition) is 2. The summed E-state index contributed by atoms with van der Waals surface area (Å²) in [6, 6.07) is 8.55. The number of alkyl halides is 3. The van der Waals surface area contributed by atoms with Crippen molar-refractivity contribution in [3.8, 4) is 0 Å². The molecule has 9 heteroatoms. The number of hydrogen-bond acceptors (Lipinski definition) is 4. The van der Waals surface area contributed by atoms with E-state index in [0.717, 1.165) is 17.8 Å². The SMILES string of the molecule is O=C(Nc1ccc2c(c1)COB2O)c1cncc2c(C(F)(F)F)cccc12. The Morgan fingerprint density at radius 1 is 1.19 bits per heavy atom. The first kappa shape index (κ1) is 17.5. The van der Waals surface area contributed by atoms with Gasteiger partial charge >= 0.3 is 13.3 Å². The lowest BCUT2D eigenvalue weighted by atomic mass is 9.79. The van der Waals surface area contributed by atoms with Crippen LogP contribution in [0, 0.1) is 0 Å². The van der Waals surface area contributed by atoms with Crippen molar-refractivity contribution >= 4 is 34.9 Å². The minimum absolute atomic E-state index is 0.0374. The Bertz CT molecular complexity index is 1060. The Morgan fingerprint density at radius 3 is 2.78 bits per heavy atom. The molecule has 0 unspecified atom stereocenters. The number of carbonyl (C=O) groups excluding carboxylic acids is 1. The molecule has 0 saturated carbocycles. The molecule has 0 saturated heterocycles. The molecule has 2 aromatic carbocycles. The molecule has 3 aromatic rings. The maximum absolute atomic E-state index is 13.2. The molecule has 0 aliphatic carbocycles. The zero-order valence-corrected chi connectivity index (χ0v) is 13.7. The van der Waals surface area contributed by atoms with E-state index in [-0.39, 0.29) is 22.9 Å². The van der Waals surface area contributed by atoms with Gasteiger partial charge in [-0.25, -0.2) is 0 Å². The van der Waals surface area contributed by atoms with Gasteiger partial charge in [-0.1, -0.05) is 18.2 Å². The second-order valence-electron chi connectivity index (χ2n) is 6.12. The van der Waals surface area contributed by atoms with Crippen LogP contribution in [0.2, 0.25) is 0 Å². The molecule has 0 radical (unpaired) electrons. The number of rotatable bonds is 2. The van der Waals surface area contributed by atoms with Gasteiger partial charge in [-0.2, -0.15) is 13.2 Å². The van der Waals surface area contributed by atoms with Crippen molar-refractivity contribution in [2.75, 3.05) is 5.32 Å². The smallest absolute Gasteiger partial charge is 0.423 e. The maximum Gasteiger partial charge on any atom is 0.491 e. The number of anilines is 1. The number of nitrogens with one attached hydrogen (secondary N) is 1. The fourth-order valence-corrected chi connectivity index (χ4v) is 3.13. The highest BCUT2D eigenvalue weighted by atomic mass is 19.4. The van der Waals surface area contributed by atoms with Crippen molar-refractivity contribution in [1.82, 2.24) is 4.98 Å². The zero-order chi connectivity index (χ0) is 19.2. The van der Waals surface area contributed by atoms with Crippen LogP contribution in [-0.2, 0) is 17.4 Å². The highest BCUT2D eigenvalue weighted by Crippen LogP contribution is 2.35. The van der Waals surface area contributed by atoms with E-state index in [1.165, 1.54) is 18.3 Å². The topological polar surface area (TPSA) is 71.5 Å². The van der Waals surface area contributed by atoms with Gasteiger partial charge in [-0.3, -0.25) is 9.78 Å². The van der Waals surface area contributed by atoms with Gasteiger partial charge in [0.1, 0.15) is 0 Å². The van der Waals surface area contributed by atoms with Crippen LogP contribution in [0.3, 0.4) is 0 Å². The highest BCUT2D eigenvalue weighted by Gasteiger charge is 2.33. The van der Waals surface area contributed by atoms with Crippen molar-refractivity contribution in [1.29, 1.82) is 0 Å². The first-order valence-electron chi connectivity index (χ1n) is 8.02. The average Bonchev–Trinajstić information content (AvgIpc) is 3.00. The molecule has 1 amide bonds. The van der Waals surface area contributed by atoms with Crippen LogP contribution in [-0.4, -0.2) is 23.0 Å². The van der Waals surface area contributed by atoms with Crippen molar-refractivity contribution in [3.63, 3.8) is 0 Å². The van der Waals surface area contributed by atoms with E-state index >= 15 is 0 Å². The Kier molecular flexibility index (Phi) is 4.13. The van der Waals surface area contributed by atoms with Crippen LogP contribution in [0.15, 0.2) is 48.8 Å². The zero-order valence-electron chi connectivity index (χ0n) is 13.7. The number of halogens is 3. The summed E-state index contributed by atoms with van der Waals surface area (Å²) in [6.07, 6.45) is -2.21. The summed E-state index contributed by atoms with van der Waals surface area (Å²) in [5.74, 6) is -0.577. The van der Waals surface area contributed by atoms with Gasteiger partial charge in [0.2, 0.25) is 0 Å². The Morgan fingerprint density at radius 2 is 2.00 bits per heavy atom. The van der Waals surface area contributed by atoms with Crippen LogP contribution >= 0.6 is 0 Å². The van der Waals surface area contributed by atoms with Crippen molar-refractivity contribution in [2.24, 2.45) is 0 Å². The summed E-state index contributed by atoms with van der Waals surface area (Å²) < 4.78 is 44.7. The van der Waals surface area contributed by atoms with Gasteiger partial charge < -0.3 is 15.0 Å².